The number of β-lactam (4-membered cyclic amide) rings is 1. The van der Waals surface area contributed by atoms with Gasteiger partial charge in [0.05, 0.1) is 12.3 Å². The van der Waals surface area contributed by atoms with Crippen LogP contribution in [0.3, 0.4) is 0 Å². The Bertz CT molecular complexity index is 775. The van der Waals surface area contributed by atoms with Gasteiger partial charge in [-0.1, -0.05) is 13.8 Å². The summed E-state index contributed by atoms with van der Waals surface area (Å²) in [7, 11) is -4.00. The van der Waals surface area contributed by atoms with Crippen LogP contribution in [0.5, 0.6) is 0 Å². The Labute approximate surface area is 157 Å². The molecule has 0 saturated carbocycles. The molecule has 0 aliphatic carbocycles. The van der Waals surface area contributed by atoms with Crippen LogP contribution < -0.4 is 0 Å². The van der Waals surface area contributed by atoms with Crippen molar-refractivity contribution in [3.8, 4) is 0 Å². The van der Waals surface area contributed by atoms with E-state index in [0.717, 1.165) is 11.8 Å². The zero-order valence-corrected chi connectivity index (χ0v) is 16.6. The van der Waals surface area contributed by atoms with Gasteiger partial charge in [0.2, 0.25) is 12.2 Å². The van der Waals surface area contributed by atoms with Gasteiger partial charge < -0.3 is 19.1 Å². The minimum atomic E-state index is -4.00. The molecule has 0 radical (unpaired) electrons. The summed E-state index contributed by atoms with van der Waals surface area (Å²) in [6.07, 6.45) is -1.52. The monoisotopic (exact) mass is 405 g/mol. The lowest BCUT2D eigenvalue weighted by atomic mass is 9.97. The van der Waals surface area contributed by atoms with Crippen molar-refractivity contribution < 1.29 is 41.8 Å². The van der Waals surface area contributed by atoms with Crippen LogP contribution in [-0.4, -0.2) is 66.2 Å². The number of amides is 1. The van der Waals surface area contributed by atoms with Crippen LogP contribution in [-0.2, 0) is 43.2 Å². The SMILES string of the molecule is CC(=O)OC[C@@]1(C)[C@H](C(=O)OC(C)OC(=O)C(C)C)N2C(=O)C[C@H]2S1(=O)=O. The van der Waals surface area contributed by atoms with Crippen molar-refractivity contribution in [3.05, 3.63) is 0 Å². The van der Waals surface area contributed by atoms with Crippen LogP contribution in [0, 0.1) is 5.92 Å². The lowest BCUT2D eigenvalue weighted by molar-refractivity contribution is -0.193. The van der Waals surface area contributed by atoms with Gasteiger partial charge in [0, 0.05) is 13.8 Å². The molecule has 10 nitrogen and oxygen atoms in total. The Morgan fingerprint density at radius 1 is 1.22 bits per heavy atom. The summed E-state index contributed by atoms with van der Waals surface area (Å²) in [6.45, 7) is 6.23. The maximum Gasteiger partial charge on any atom is 0.333 e. The Kier molecular flexibility index (Phi) is 5.56. The van der Waals surface area contributed by atoms with Gasteiger partial charge in [-0.05, 0) is 6.92 Å². The van der Waals surface area contributed by atoms with E-state index < -0.39 is 68.6 Å². The second-order valence-corrected chi connectivity index (χ2v) is 9.66. The summed E-state index contributed by atoms with van der Waals surface area (Å²) in [6, 6.07) is -1.51. The predicted octanol–water partition coefficient (Wildman–Crippen LogP) is -0.248. The molecular formula is C16H23NO9S. The summed E-state index contributed by atoms with van der Waals surface area (Å²) in [4.78, 5) is 48.3. The summed E-state index contributed by atoms with van der Waals surface area (Å²) < 4.78 is 38.7. The van der Waals surface area contributed by atoms with Crippen molar-refractivity contribution in [3.63, 3.8) is 0 Å². The van der Waals surface area contributed by atoms with E-state index in [1.807, 2.05) is 0 Å². The number of carbonyl (C=O) groups is 4. The van der Waals surface area contributed by atoms with Crippen LogP contribution in [0.25, 0.3) is 0 Å². The van der Waals surface area contributed by atoms with Gasteiger partial charge in [0.25, 0.3) is 0 Å². The molecule has 2 heterocycles. The van der Waals surface area contributed by atoms with Crippen molar-refractivity contribution in [2.75, 3.05) is 6.61 Å². The molecule has 27 heavy (non-hydrogen) atoms. The van der Waals surface area contributed by atoms with E-state index in [-0.39, 0.29) is 6.42 Å². The minimum absolute atomic E-state index is 0.250. The van der Waals surface area contributed by atoms with Crippen molar-refractivity contribution in [1.29, 1.82) is 0 Å². The topological polar surface area (TPSA) is 133 Å². The molecule has 11 heteroatoms. The molecule has 152 valence electrons. The average molecular weight is 405 g/mol. The summed E-state index contributed by atoms with van der Waals surface area (Å²) in [5, 5.41) is -1.17. The fraction of sp³-hybridized carbons (Fsp3) is 0.750. The summed E-state index contributed by atoms with van der Waals surface area (Å²) >= 11 is 0. The number of rotatable bonds is 6. The van der Waals surface area contributed by atoms with E-state index in [1.54, 1.807) is 13.8 Å². The molecule has 2 saturated heterocycles. The second-order valence-electron chi connectivity index (χ2n) is 7.10. The zero-order valence-electron chi connectivity index (χ0n) is 15.8. The molecule has 4 atom stereocenters. The van der Waals surface area contributed by atoms with Gasteiger partial charge in [0.1, 0.15) is 16.7 Å². The first-order valence-electron chi connectivity index (χ1n) is 8.42. The van der Waals surface area contributed by atoms with Gasteiger partial charge in [-0.2, -0.15) is 0 Å². The fourth-order valence-electron chi connectivity index (χ4n) is 3.05. The molecule has 2 rings (SSSR count). The lowest BCUT2D eigenvalue weighted by Gasteiger charge is -2.36. The summed E-state index contributed by atoms with van der Waals surface area (Å²) in [5.41, 5.74) is 0. The number of ether oxygens (including phenoxy) is 3. The van der Waals surface area contributed by atoms with Crippen molar-refractivity contribution >= 4 is 33.7 Å². The van der Waals surface area contributed by atoms with Gasteiger partial charge in [-0.25, -0.2) is 13.2 Å². The van der Waals surface area contributed by atoms with E-state index in [0.29, 0.717) is 0 Å². The first-order chi connectivity index (χ1) is 12.3. The minimum Gasteiger partial charge on any atom is -0.464 e. The molecule has 2 fully saturated rings. The van der Waals surface area contributed by atoms with E-state index in [1.165, 1.54) is 13.8 Å². The highest BCUT2D eigenvalue weighted by Gasteiger charge is 2.70. The van der Waals surface area contributed by atoms with Crippen molar-refractivity contribution in [2.24, 2.45) is 5.92 Å². The second kappa shape index (κ2) is 7.10. The third-order valence-corrected chi connectivity index (χ3v) is 7.38. The van der Waals surface area contributed by atoms with E-state index in [4.69, 9.17) is 14.2 Å². The average Bonchev–Trinajstić information content (AvgIpc) is 2.67. The fourth-order valence-corrected chi connectivity index (χ4v) is 5.32. The van der Waals surface area contributed by atoms with Crippen LogP contribution in [0.2, 0.25) is 0 Å². The summed E-state index contributed by atoms with van der Waals surface area (Å²) in [5.74, 6) is -3.35. The highest BCUT2D eigenvalue weighted by atomic mass is 32.2. The molecule has 0 spiro atoms. The molecule has 0 aromatic rings. The molecule has 0 aromatic carbocycles. The van der Waals surface area contributed by atoms with Crippen molar-refractivity contribution in [1.82, 2.24) is 4.90 Å². The predicted molar refractivity (Wildman–Crippen MR) is 89.5 cm³/mol. The lowest BCUT2D eigenvalue weighted by Crippen LogP contribution is -2.59. The molecule has 1 amide bonds. The third kappa shape index (κ3) is 3.52. The highest BCUT2D eigenvalue weighted by Crippen LogP contribution is 2.46. The van der Waals surface area contributed by atoms with Gasteiger partial charge >= 0.3 is 17.9 Å². The molecule has 0 bridgehead atoms. The Balaban J connectivity index is 2.27. The number of nitrogens with zero attached hydrogens (tertiary/aromatic N) is 1. The largest absolute Gasteiger partial charge is 0.464 e. The normalized spacial score (nSPS) is 29.6. The quantitative estimate of drug-likeness (QED) is 0.333. The first kappa shape index (κ1) is 21.1. The molecule has 2 aliphatic heterocycles. The van der Waals surface area contributed by atoms with E-state index in [9.17, 15) is 27.6 Å². The third-order valence-electron chi connectivity index (χ3n) is 4.63. The van der Waals surface area contributed by atoms with Gasteiger partial charge in [0.15, 0.2) is 15.9 Å². The van der Waals surface area contributed by atoms with Crippen molar-refractivity contribution in [2.45, 2.75) is 63.5 Å². The van der Waals surface area contributed by atoms with Crippen LogP contribution >= 0.6 is 0 Å². The smallest absolute Gasteiger partial charge is 0.333 e. The molecule has 0 N–H and O–H groups in total. The molecular weight excluding hydrogens is 382 g/mol. The maximum absolute atomic E-state index is 12.8. The molecule has 2 aliphatic rings. The van der Waals surface area contributed by atoms with Gasteiger partial charge in [-0.3, -0.25) is 14.4 Å². The number of sulfone groups is 1. The van der Waals surface area contributed by atoms with Crippen LogP contribution in [0.4, 0.5) is 0 Å². The Hall–Kier alpha value is -2.17. The number of hydrogen-bond donors (Lipinski definition) is 0. The van der Waals surface area contributed by atoms with E-state index >= 15 is 0 Å². The molecule has 0 aromatic heterocycles. The van der Waals surface area contributed by atoms with Gasteiger partial charge in [-0.15, -0.1) is 0 Å². The van der Waals surface area contributed by atoms with Crippen LogP contribution in [0.1, 0.15) is 41.0 Å². The molecule has 1 unspecified atom stereocenters. The number of fused-ring (bicyclic) bond motifs is 1. The first-order valence-corrected chi connectivity index (χ1v) is 9.96. The highest BCUT2D eigenvalue weighted by molar-refractivity contribution is 7.94. The standard InChI is InChI=1S/C16H23NO9S/c1-8(2)14(20)25-10(4)26-15(21)13-16(5,7-24-9(3)18)27(22,23)12-6-11(19)17(12)13/h8,10,12-13H,6-7H2,1-5H3/t10?,12-,13+,16+/m1/s1. The Morgan fingerprint density at radius 2 is 1.81 bits per heavy atom. The number of esters is 3. The maximum atomic E-state index is 12.8. The zero-order chi connectivity index (χ0) is 20.7. The number of hydrogen-bond acceptors (Lipinski definition) is 9. The number of carbonyl (C=O) groups excluding carboxylic acids is 4. The van der Waals surface area contributed by atoms with Crippen LogP contribution in [0.15, 0.2) is 0 Å². The van der Waals surface area contributed by atoms with E-state index in [2.05, 4.69) is 0 Å². The Morgan fingerprint density at radius 3 is 2.30 bits per heavy atom.